The number of carbonyl (C=O) groups is 1. The second-order valence-electron chi connectivity index (χ2n) is 8.66. The molecule has 0 atom stereocenters. The van der Waals surface area contributed by atoms with Gasteiger partial charge in [-0.05, 0) is 43.0 Å². The summed E-state index contributed by atoms with van der Waals surface area (Å²) in [5.41, 5.74) is -1.64. The molecule has 5 nitrogen and oxygen atoms in total. The number of halogens is 5. The molecule has 3 rings (SSSR count). The van der Waals surface area contributed by atoms with Gasteiger partial charge in [-0.3, -0.25) is 4.79 Å². The van der Waals surface area contributed by atoms with Crippen molar-refractivity contribution in [2.24, 2.45) is 5.92 Å². The zero-order valence-corrected chi connectivity index (χ0v) is 21.3. The monoisotopic (exact) mass is 535 g/mol. The number of ketones is 1. The van der Waals surface area contributed by atoms with Crippen molar-refractivity contribution in [2.45, 2.75) is 46.2 Å². The Hall–Kier alpha value is -3.46. The lowest BCUT2D eigenvalue weighted by Crippen LogP contribution is -2.15. The van der Waals surface area contributed by atoms with E-state index in [1.54, 1.807) is 6.08 Å². The Bertz CT molecular complexity index is 1350. The first kappa shape index (κ1) is 28.1. The molecule has 1 aromatic carbocycles. The average molecular weight is 536 g/mol. The van der Waals surface area contributed by atoms with Gasteiger partial charge in [0.05, 0.1) is 23.0 Å². The van der Waals surface area contributed by atoms with Crippen LogP contribution in [0.15, 0.2) is 64.8 Å². The molecule has 0 aliphatic heterocycles. The molecule has 0 unspecified atom stereocenters. The first-order valence-electron chi connectivity index (χ1n) is 11.6. The minimum absolute atomic E-state index is 0.0281. The van der Waals surface area contributed by atoms with Gasteiger partial charge in [-0.25, -0.2) is 9.07 Å². The third kappa shape index (κ3) is 6.28. The molecule has 0 bridgehead atoms. The van der Waals surface area contributed by atoms with E-state index in [-0.39, 0.29) is 40.1 Å². The number of allylic oxidation sites excluding steroid dienone is 5. The lowest BCUT2D eigenvalue weighted by molar-refractivity contribution is -0.142. The van der Waals surface area contributed by atoms with Crippen molar-refractivity contribution in [3.63, 3.8) is 0 Å². The standard InChI is InChI=1S/C27H26ClF4N3O2/c1-5-8-19(21(28)9-6-2)24-23(22(36)13-12-16(3)4)25(37-34-24)20-15-33-35(26(20)27(30,31)32)18-11-7-10-17(29)14-18/h6-11,14-16H,2,5,12-13H2,1,3-4H3/b19-8-,21-9+. The van der Waals surface area contributed by atoms with E-state index in [0.29, 0.717) is 23.1 Å². The second kappa shape index (κ2) is 11.7. The summed E-state index contributed by atoms with van der Waals surface area (Å²) in [4.78, 5) is 13.4. The summed E-state index contributed by atoms with van der Waals surface area (Å²) in [7, 11) is 0. The molecule has 0 saturated heterocycles. The highest BCUT2D eigenvalue weighted by Gasteiger charge is 2.42. The molecule has 0 spiro atoms. The summed E-state index contributed by atoms with van der Waals surface area (Å²) in [6.45, 7) is 9.31. The number of rotatable bonds is 10. The van der Waals surface area contributed by atoms with E-state index in [1.165, 1.54) is 24.3 Å². The molecule has 10 heteroatoms. The third-order valence-electron chi connectivity index (χ3n) is 5.44. The molecule has 196 valence electrons. The Kier molecular flexibility index (Phi) is 8.91. The van der Waals surface area contributed by atoms with Crippen LogP contribution < -0.4 is 0 Å². The fraction of sp³-hybridized carbons (Fsp3) is 0.296. The van der Waals surface area contributed by atoms with Crippen LogP contribution in [0.4, 0.5) is 17.6 Å². The Morgan fingerprint density at radius 1 is 1.30 bits per heavy atom. The SMILES string of the molecule is C=C/C=C(Cl)\C(=C\CC)c1noc(-c2cnn(-c3cccc(F)c3)c2C(F)(F)F)c1C(=O)CCC(C)C. The molecule has 3 aromatic rings. The van der Waals surface area contributed by atoms with E-state index in [1.807, 2.05) is 20.8 Å². The number of Topliss-reactive ketones (excluding diaryl/α,β-unsaturated/α-hetero) is 1. The number of benzene rings is 1. The molecule has 0 N–H and O–H groups in total. The van der Waals surface area contributed by atoms with Crippen LogP contribution >= 0.6 is 11.6 Å². The number of alkyl halides is 3. The van der Waals surface area contributed by atoms with E-state index in [0.717, 1.165) is 18.3 Å². The first-order chi connectivity index (χ1) is 17.5. The molecule has 0 aliphatic carbocycles. The molecule has 0 aliphatic rings. The van der Waals surface area contributed by atoms with Gasteiger partial charge in [0, 0.05) is 17.0 Å². The van der Waals surface area contributed by atoms with E-state index in [9.17, 15) is 22.4 Å². The Labute approximate surface area is 217 Å². The van der Waals surface area contributed by atoms with Gasteiger partial charge in [-0.15, -0.1) is 0 Å². The maximum Gasteiger partial charge on any atom is 0.434 e. The van der Waals surface area contributed by atoms with Gasteiger partial charge in [0.2, 0.25) is 0 Å². The molecule has 0 fully saturated rings. The van der Waals surface area contributed by atoms with Crippen molar-refractivity contribution in [1.82, 2.24) is 14.9 Å². The van der Waals surface area contributed by atoms with Crippen LogP contribution in [0.1, 0.15) is 61.8 Å². The summed E-state index contributed by atoms with van der Waals surface area (Å²) >= 11 is 6.42. The molecule has 0 saturated carbocycles. The summed E-state index contributed by atoms with van der Waals surface area (Å²) in [6.07, 6.45) is 1.70. The molecule has 2 aromatic heterocycles. The molecule has 0 amide bonds. The number of aromatic nitrogens is 3. The number of carbonyl (C=O) groups excluding carboxylic acids is 1. The fourth-order valence-corrected chi connectivity index (χ4v) is 4.01. The van der Waals surface area contributed by atoms with Crippen molar-refractivity contribution in [2.75, 3.05) is 0 Å². The quantitative estimate of drug-likeness (QED) is 0.148. The minimum Gasteiger partial charge on any atom is -0.355 e. The van der Waals surface area contributed by atoms with Gasteiger partial charge in [0.15, 0.2) is 17.2 Å². The van der Waals surface area contributed by atoms with E-state index in [4.69, 9.17) is 16.1 Å². The zero-order chi connectivity index (χ0) is 27.3. The number of nitrogens with zero attached hydrogens (tertiary/aromatic N) is 3. The lowest BCUT2D eigenvalue weighted by atomic mass is 9.94. The first-order valence-corrected chi connectivity index (χ1v) is 12.0. The van der Waals surface area contributed by atoms with Gasteiger partial charge >= 0.3 is 6.18 Å². The smallest absolute Gasteiger partial charge is 0.355 e. The zero-order valence-electron chi connectivity index (χ0n) is 20.6. The van der Waals surface area contributed by atoms with Gasteiger partial charge < -0.3 is 4.52 Å². The Morgan fingerprint density at radius 3 is 2.62 bits per heavy atom. The van der Waals surface area contributed by atoms with Crippen LogP contribution in [0.5, 0.6) is 0 Å². The van der Waals surface area contributed by atoms with Gasteiger partial charge in [0.25, 0.3) is 0 Å². The summed E-state index contributed by atoms with van der Waals surface area (Å²) in [5, 5.41) is 8.06. The topological polar surface area (TPSA) is 60.9 Å². The molecular formula is C27H26ClF4N3O2. The van der Waals surface area contributed by atoms with Crippen LogP contribution in [0.2, 0.25) is 0 Å². The second-order valence-corrected chi connectivity index (χ2v) is 9.07. The van der Waals surface area contributed by atoms with Crippen LogP contribution in [0, 0.1) is 11.7 Å². The summed E-state index contributed by atoms with van der Waals surface area (Å²) in [6, 6.07) is 4.60. The largest absolute Gasteiger partial charge is 0.434 e. The average Bonchev–Trinajstić information content (AvgIpc) is 3.45. The number of hydrogen-bond acceptors (Lipinski definition) is 4. The molecule has 37 heavy (non-hydrogen) atoms. The van der Waals surface area contributed by atoms with E-state index >= 15 is 0 Å². The summed E-state index contributed by atoms with van der Waals surface area (Å²) < 4.78 is 62.9. The Balaban J connectivity index is 2.32. The minimum atomic E-state index is -4.92. The van der Waals surface area contributed by atoms with Crippen LogP contribution in [0.25, 0.3) is 22.6 Å². The predicted molar refractivity (Wildman–Crippen MR) is 135 cm³/mol. The van der Waals surface area contributed by atoms with Crippen molar-refractivity contribution in [3.05, 3.63) is 83.1 Å². The molecule has 2 heterocycles. The van der Waals surface area contributed by atoms with Crippen molar-refractivity contribution in [3.8, 4) is 17.0 Å². The van der Waals surface area contributed by atoms with Crippen LogP contribution in [0.3, 0.4) is 0 Å². The van der Waals surface area contributed by atoms with Crippen molar-refractivity contribution < 1.29 is 26.9 Å². The maximum atomic E-state index is 14.4. The predicted octanol–water partition coefficient (Wildman–Crippen LogP) is 8.41. The van der Waals surface area contributed by atoms with Gasteiger partial charge in [-0.1, -0.05) is 62.3 Å². The van der Waals surface area contributed by atoms with E-state index < -0.39 is 29.0 Å². The molecule has 0 radical (unpaired) electrons. The van der Waals surface area contributed by atoms with E-state index in [2.05, 4.69) is 16.8 Å². The third-order valence-corrected chi connectivity index (χ3v) is 5.77. The van der Waals surface area contributed by atoms with Crippen molar-refractivity contribution in [1.29, 1.82) is 0 Å². The van der Waals surface area contributed by atoms with Gasteiger partial charge in [0.1, 0.15) is 11.5 Å². The van der Waals surface area contributed by atoms with Crippen LogP contribution in [-0.2, 0) is 6.18 Å². The Morgan fingerprint density at radius 2 is 2.03 bits per heavy atom. The van der Waals surface area contributed by atoms with Crippen molar-refractivity contribution >= 4 is 23.0 Å². The van der Waals surface area contributed by atoms with Gasteiger partial charge in [-0.2, -0.15) is 18.3 Å². The highest BCUT2D eigenvalue weighted by Crippen LogP contribution is 2.42. The highest BCUT2D eigenvalue weighted by atomic mass is 35.5. The number of hydrogen-bond donors (Lipinski definition) is 0. The summed E-state index contributed by atoms with van der Waals surface area (Å²) in [5.74, 6) is -1.39. The maximum absolute atomic E-state index is 14.4. The highest BCUT2D eigenvalue weighted by molar-refractivity contribution is 6.37. The van der Waals surface area contributed by atoms with Crippen LogP contribution in [-0.4, -0.2) is 20.7 Å². The molecular weight excluding hydrogens is 510 g/mol. The normalized spacial score (nSPS) is 12.9. The fourth-order valence-electron chi connectivity index (χ4n) is 3.76. The lowest BCUT2D eigenvalue weighted by Gasteiger charge is -2.13.